The Bertz CT molecular complexity index is 934. The molecule has 1 heterocycles. The Morgan fingerprint density at radius 2 is 1.38 bits per heavy atom. The van der Waals surface area contributed by atoms with Crippen LogP contribution < -0.4 is 15.9 Å². The van der Waals surface area contributed by atoms with Crippen molar-refractivity contribution >= 4 is 30.5 Å². The molecule has 0 aromatic heterocycles. The van der Waals surface area contributed by atoms with Crippen molar-refractivity contribution in [3.63, 3.8) is 0 Å². The molecular formula is C25H30O2P2. The van der Waals surface area contributed by atoms with Gasteiger partial charge in [0.05, 0.1) is 0 Å². The van der Waals surface area contributed by atoms with E-state index >= 15 is 0 Å². The zero-order valence-corrected chi connectivity index (χ0v) is 18.8. The van der Waals surface area contributed by atoms with Crippen LogP contribution in [-0.4, -0.2) is 22.4 Å². The molecule has 3 atom stereocenters. The molecule has 3 aromatic rings. The summed E-state index contributed by atoms with van der Waals surface area (Å²) in [6.45, 7) is 2.17. The fraction of sp³-hybridized carbons (Fsp3) is 0.280. The van der Waals surface area contributed by atoms with E-state index in [-0.39, 0.29) is 11.3 Å². The molecular weight excluding hydrogens is 394 g/mol. The second-order valence-corrected chi connectivity index (χ2v) is 15.2. The average Bonchev–Trinajstić information content (AvgIpc) is 3.16. The van der Waals surface area contributed by atoms with Gasteiger partial charge >= 0.3 is 175 Å². The molecule has 4 rings (SSSR count). The van der Waals surface area contributed by atoms with Crippen LogP contribution in [0.25, 0.3) is 0 Å². The minimum atomic E-state index is -2.96. The first-order chi connectivity index (χ1) is 14.0. The first-order valence-electron chi connectivity index (χ1n) is 10.5. The molecule has 1 fully saturated rings. The minimum absolute atomic E-state index is 0.0763. The van der Waals surface area contributed by atoms with Crippen molar-refractivity contribution in [2.75, 3.05) is 6.16 Å². The quantitative estimate of drug-likeness (QED) is 0.570. The van der Waals surface area contributed by atoms with Crippen molar-refractivity contribution < 1.29 is 9.46 Å². The fourth-order valence-electron chi connectivity index (χ4n) is 4.96. The summed E-state index contributed by atoms with van der Waals surface area (Å²) < 4.78 is 14.0. The van der Waals surface area contributed by atoms with E-state index in [1.165, 1.54) is 0 Å². The molecule has 1 saturated heterocycles. The van der Waals surface area contributed by atoms with Gasteiger partial charge in [-0.05, 0) is 0 Å². The third kappa shape index (κ3) is 3.87. The molecule has 0 aliphatic carbocycles. The molecule has 0 bridgehead atoms. The van der Waals surface area contributed by atoms with Gasteiger partial charge in [-0.3, -0.25) is 0 Å². The van der Waals surface area contributed by atoms with Crippen molar-refractivity contribution in [1.82, 2.24) is 0 Å². The number of benzene rings is 3. The van der Waals surface area contributed by atoms with Crippen molar-refractivity contribution in [3.05, 3.63) is 91.0 Å². The van der Waals surface area contributed by atoms with E-state index in [1.807, 2.05) is 66.7 Å². The molecule has 0 spiro atoms. The number of hydrogen-bond acceptors (Lipinski definition) is 2. The van der Waals surface area contributed by atoms with Gasteiger partial charge < -0.3 is 0 Å². The molecule has 1 aliphatic heterocycles. The van der Waals surface area contributed by atoms with E-state index in [4.69, 9.17) is 0 Å². The molecule has 4 heteroatoms. The van der Waals surface area contributed by atoms with E-state index in [9.17, 15) is 9.46 Å². The Balaban J connectivity index is 1.69. The fourth-order valence-corrected chi connectivity index (χ4v) is 12.3. The van der Waals surface area contributed by atoms with E-state index in [0.29, 0.717) is 0 Å². The summed E-state index contributed by atoms with van der Waals surface area (Å²) in [5, 5.41) is 3.08. The van der Waals surface area contributed by atoms with Crippen LogP contribution in [0.15, 0.2) is 91.0 Å². The SMILES string of the molecule is C[C@H](C[C@H]1CCC[P@@]1(=O)c1ccccc1)[PH](O)(c1ccccc1)c1ccccc1. The Hall–Kier alpha value is -1.72. The van der Waals surface area contributed by atoms with Crippen LogP contribution in [0.4, 0.5) is 0 Å². The van der Waals surface area contributed by atoms with Gasteiger partial charge in [-0.1, -0.05) is 0 Å². The topological polar surface area (TPSA) is 37.3 Å². The van der Waals surface area contributed by atoms with Gasteiger partial charge in [0.1, 0.15) is 0 Å². The Morgan fingerprint density at radius 1 is 0.897 bits per heavy atom. The predicted octanol–water partition coefficient (Wildman–Crippen LogP) is 4.92. The van der Waals surface area contributed by atoms with Crippen molar-refractivity contribution in [3.8, 4) is 0 Å². The maximum atomic E-state index is 14.0. The average molecular weight is 424 g/mol. The van der Waals surface area contributed by atoms with Crippen LogP contribution >= 0.6 is 14.6 Å². The van der Waals surface area contributed by atoms with Gasteiger partial charge in [0.15, 0.2) is 0 Å². The molecule has 0 saturated carbocycles. The van der Waals surface area contributed by atoms with E-state index in [2.05, 4.69) is 31.2 Å². The van der Waals surface area contributed by atoms with E-state index < -0.39 is 14.6 Å². The van der Waals surface area contributed by atoms with Crippen molar-refractivity contribution in [1.29, 1.82) is 0 Å². The summed E-state index contributed by atoms with van der Waals surface area (Å²) in [5.74, 6) is 0. The second kappa shape index (κ2) is 8.57. The number of hydrogen-bond donors (Lipinski definition) is 1. The van der Waals surface area contributed by atoms with Gasteiger partial charge in [0, 0.05) is 0 Å². The van der Waals surface area contributed by atoms with Crippen LogP contribution in [0.5, 0.6) is 0 Å². The van der Waals surface area contributed by atoms with Crippen molar-refractivity contribution in [2.45, 2.75) is 37.5 Å². The Kier molecular flexibility index (Phi) is 6.07. The van der Waals surface area contributed by atoms with Gasteiger partial charge in [0.2, 0.25) is 0 Å². The van der Waals surface area contributed by atoms with E-state index in [0.717, 1.165) is 41.3 Å². The monoisotopic (exact) mass is 424 g/mol. The summed E-state index contributed by atoms with van der Waals surface area (Å²) in [5.41, 5.74) is 0.235. The molecule has 0 amide bonds. The molecule has 2 nitrogen and oxygen atoms in total. The van der Waals surface area contributed by atoms with Crippen LogP contribution in [0.1, 0.15) is 26.2 Å². The van der Waals surface area contributed by atoms with Crippen LogP contribution in [-0.2, 0) is 4.57 Å². The zero-order valence-electron chi connectivity index (χ0n) is 16.9. The normalized spacial score (nSPS) is 23.6. The van der Waals surface area contributed by atoms with Crippen LogP contribution in [0, 0.1) is 0 Å². The predicted molar refractivity (Wildman–Crippen MR) is 128 cm³/mol. The van der Waals surface area contributed by atoms with Gasteiger partial charge in [-0.2, -0.15) is 0 Å². The summed E-state index contributed by atoms with van der Waals surface area (Å²) in [7, 11) is -5.39. The molecule has 29 heavy (non-hydrogen) atoms. The molecule has 3 aromatic carbocycles. The summed E-state index contributed by atoms with van der Waals surface area (Å²) in [6.07, 6.45) is 3.61. The van der Waals surface area contributed by atoms with Crippen LogP contribution in [0.3, 0.4) is 0 Å². The standard InChI is InChI=1S/C25H30O2P2/c1-21(20-25-18-11-19-28(25,26)22-12-5-2-6-13-22)29(27,23-14-7-3-8-15-23)24-16-9-4-10-17-24/h2-10,12-17,21,25,27,29H,11,18-20H2,1H3/t21-,25-,28-/m1/s1. The Morgan fingerprint density at radius 3 is 1.90 bits per heavy atom. The zero-order chi connectivity index (χ0) is 20.3. The molecule has 152 valence electrons. The van der Waals surface area contributed by atoms with E-state index in [1.54, 1.807) is 0 Å². The molecule has 1 aliphatic rings. The third-order valence-corrected chi connectivity index (χ3v) is 14.5. The molecule has 1 N–H and O–H groups in total. The molecule has 0 radical (unpaired) electrons. The maximum absolute atomic E-state index is 14.0. The van der Waals surface area contributed by atoms with Gasteiger partial charge in [0.25, 0.3) is 0 Å². The van der Waals surface area contributed by atoms with Crippen molar-refractivity contribution in [2.24, 2.45) is 0 Å². The summed E-state index contributed by atoms with van der Waals surface area (Å²) in [4.78, 5) is 12.2. The number of rotatable bonds is 6. The summed E-state index contributed by atoms with van der Waals surface area (Å²) in [6, 6.07) is 30.3. The van der Waals surface area contributed by atoms with Crippen LogP contribution in [0.2, 0.25) is 0 Å². The summed E-state index contributed by atoms with van der Waals surface area (Å²) >= 11 is 0. The molecule has 0 unspecified atom stereocenters. The first-order valence-corrected chi connectivity index (χ1v) is 14.5. The third-order valence-electron chi connectivity index (χ3n) is 6.58. The van der Waals surface area contributed by atoms with Gasteiger partial charge in [-0.25, -0.2) is 0 Å². The van der Waals surface area contributed by atoms with Gasteiger partial charge in [-0.15, -0.1) is 0 Å². The second-order valence-electron chi connectivity index (χ2n) is 8.29. The Labute approximate surface area is 174 Å². The first kappa shape index (κ1) is 20.5.